The fourth-order valence-corrected chi connectivity index (χ4v) is 3.12. The van der Waals surface area contributed by atoms with Gasteiger partial charge in [0.15, 0.2) is 5.17 Å². The second kappa shape index (κ2) is 9.14. The van der Waals surface area contributed by atoms with Crippen molar-refractivity contribution in [3.8, 4) is 11.8 Å². The van der Waals surface area contributed by atoms with E-state index in [1.165, 1.54) is 11.8 Å². The Morgan fingerprint density at radius 1 is 1.36 bits per heavy atom. The van der Waals surface area contributed by atoms with Gasteiger partial charge in [-0.15, -0.1) is 0 Å². The fourth-order valence-electron chi connectivity index (χ4n) is 2.51. The van der Waals surface area contributed by atoms with Crippen LogP contribution in [0.1, 0.15) is 32.4 Å². The van der Waals surface area contributed by atoms with Gasteiger partial charge >= 0.3 is 5.97 Å². The van der Waals surface area contributed by atoms with Gasteiger partial charge in [0.2, 0.25) is 0 Å². The number of hydrogen-bond donors (Lipinski definition) is 1. The molecule has 0 aliphatic carbocycles. The van der Waals surface area contributed by atoms with Crippen LogP contribution in [0.4, 0.5) is 0 Å². The van der Waals surface area contributed by atoms with E-state index in [0.29, 0.717) is 28.8 Å². The predicted octanol–water partition coefficient (Wildman–Crippen LogP) is 3.18. The molecule has 0 radical (unpaired) electrons. The average Bonchev–Trinajstić information content (AvgIpc) is 2.60. The number of esters is 1. The minimum atomic E-state index is -0.538. The number of carbonyl (C=O) groups excluding carboxylic acids is 1. The standard InChI is InChI=1S/C18H21N3O3S/c1-4-23-14-9-7-6-8-13(14)16-15(17(22)24-5-2)12(3)20-18(21-16)25-11-10-19/h6-9,16H,4-5,11H2,1-3H3,(H,20,21)/t16-/m0/s1. The van der Waals surface area contributed by atoms with Crippen molar-refractivity contribution in [2.24, 2.45) is 4.99 Å². The summed E-state index contributed by atoms with van der Waals surface area (Å²) in [6.45, 7) is 6.28. The number of thioether (sulfide) groups is 1. The molecule has 0 saturated carbocycles. The molecule has 0 fully saturated rings. The largest absolute Gasteiger partial charge is 0.494 e. The van der Waals surface area contributed by atoms with Crippen molar-refractivity contribution < 1.29 is 14.3 Å². The number of benzene rings is 1. The van der Waals surface area contributed by atoms with Crippen molar-refractivity contribution in [1.29, 1.82) is 5.26 Å². The zero-order valence-corrected chi connectivity index (χ0v) is 15.4. The summed E-state index contributed by atoms with van der Waals surface area (Å²) in [6.07, 6.45) is 0. The summed E-state index contributed by atoms with van der Waals surface area (Å²) in [5, 5.41) is 12.5. The summed E-state index contributed by atoms with van der Waals surface area (Å²) in [4.78, 5) is 17.1. The van der Waals surface area contributed by atoms with Crippen LogP contribution in [0.15, 0.2) is 40.5 Å². The highest BCUT2D eigenvalue weighted by Gasteiger charge is 2.32. The van der Waals surface area contributed by atoms with E-state index in [9.17, 15) is 4.79 Å². The van der Waals surface area contributed by atoms with Crippen LogP contribution in [-0.2, 0) is 9.53 Å². The van der Waals surface area contributed by atoms with E-state index in [0.717, 1.165) is 5.56 Å². The summed E-state index contributed by atoms with van der Waals surface area (Å²) in [6, 6.07) is 9.06. The van der Waals surface area contributed by atoms with Gasteiger partial charge in [-0.3, -0.25) is 0 Å². The Balaban J connectivity index is 2.49. The van der Waals surface area contributed by atoms with E-state index < -0.39 is 12.0 Å². The molecule has 1 aliphatic heterocycles. The van der Waals surface area contributed by atoms with Crippen LogP contribution in [0.5, 0.6) is 5.75 Å². The third kappa shape index (κ3) is 4.54. The number of aliphatic imine (C=N–C) groups is 1. The molecule has 0 amide bonds. The van der Waals surface area contributed by atoms with Crippen molar-refractivity contribution in [2.45, 2.75) is 26.8 Å². The van der Waals surface area contributed by atoms with Gasteiger partial charge in [-0.2, -0.15) is 5.26 Å². The van der Waals surface area contributed by atoms with Gasteiger partial charge < -0.3 is 14.8 Å². The first-order valence-corrected chi connectivity index (χ1v) is 9.05. The fraction of sp³-hybridized carbons (Fsp3) is 0.389. The molecule has 25 heavy (non-hydrogen) atoms. The Bertz CT molecular complexity index is 737. The van der Waals surface area contributed by atoms with Crippen molar-refractivity contribution >= 4 is 22.9 Å². The molecule has 1 aromatic rings. The number of nitrogens with one attached hydrogen (secondary N) is 1. The number of nitrogens with zero attached hydrogens (tertiary/aromatic N) is 2. The number of carbonyl (C=O) groups is 1. The lowest BCUT2D eigenvalue weighted by molar-refractivity contribution is -0.138. The average molecular weight is 359 g/mol. The van der Waals surface area contributed by atoms with E-state index in [-0.39, 0.29) is 12.4 Å². The Labute approximate surface area is 151 Å². The van der Waals surface area contributed by atoms with Gasteiger partial charge in [0.1, 0.15) is 11.8 Å². The molecule has 0 saturated heterocycles. The second-order valence-corrected chi connectivity index (χ2v) is 6.10. The molecule has 1 heterocycles. The lowest BCUT2D eigenvalue weighted by Gasteiger charge is -2.26. The Morgan fingerprint density at radius 2 is 2.12 bits per heavy atom. The summed E-state index contributed by atoms with van der Waals surface area (Å²) < 4.78 is 10.9. The van der Waals surface area contributed by atoms with Gasteiger partial charge in [-0.25, -0.2) is 9.79 Å². The molecule has 1 N–H and O–H groups in total. The number of hydrogen-bond acceptors (Lipinski definition) is 7. The molecule has 7 heteroatoms. The summed E-state index contributed by atoms with van der Waals surface area (Å²) >= 11 is 1.30. The van der Waals surface area contributed by atoms with E-state index in [2.05, 4.69) is 16.4 Å². The number of amidine groups is 1. The number of nitriles is 1. The number of allylic oxidation sites excluding steroid dienone is 1. The highest BCUT2D eigenvalue weighted by Crippen LogP contribution is 2.37. The molecule has 6 nitrogen and oxygen atoms in total. The molecule has 1 aromatic carbocycles. The van der Waals surface area contributed by atoms with Crippen LogP contribution >= 0.6 is 11.8 Å². The zero-order valence-electron chi connectivity index (χ0n) is 14.5. The molecule has 0 bridgehead atoms. The van der Waals surface area contributed by atoms with Crippen LogP contribution in [0.2, 0.25) is 0 Å². The molecule has 2 rings (SSSR count). The summed E-state index contributed by atoms with van der Waals surface area (Å²) in [7, 11) is 0. The third-order valence-corrected chi connectivity index (χ3v) is 4.25. The maximum absolute atomic E-state index is 12.5. The number of ether oxygens (including phenoxy) is 2. The van der Waals surface area contributed by atoms with Gasteiger partial charge in [0, 0.05) is 11.3 Å². The monoisotopic (exact) mass is 359 g/mol. The van der Waals surface area contributed by atoms with E-state index in [1.54, 1.807) is 6.92 Å². The SMILES string of the molecule is CCOC(=O)C1=C(C)NC(SCC#N)=N[C@H]1c1ccccc1OCC. The lowest BCUT2D eigenvalue weighted by Crippen LogP contribution is -2.30. The predicted molar refractivity (Wildman–Crippen MR) is 98.3 cm³/mol. The minimum Gasteiger partial charge on any atom is -0.494 e. The van der Waals surface area contributed by atoms with E-state index in [4.69, 9.17) is 14.7 Å². The molecule has 1 aliphatic rings. The van der Waals surface area contributed by atoms with E-state index in [1.807, 2.05) is 38.1 Å². The molecular formula is C18H21N3O3S. The molecule has 1 atom stereocenters. The van der Waals surface area contributed by atoms with Crippen LogP contribution < -0.4 is 10.1 Å². The van der Waals surface area contributed by atoms with Crippen molar-refractivity contribution in [1.82, 2.24) is 5.32 Å². The molecule has 0 unspecified atom stereocenters. The van der Waals surface area contributed by atoms with Crippen molar-refractivity contribution in [3.05, 3.63) is 41.1 Å². The Hall–Kier alpha value is -2.46. The van der Waals surface area contributed by atoms with Crippen LogP contribution in [0, 0.1) is 11.3 Å². The van der Waals surface area contributed by atoms with Crippen LogP contribution in [-0.4, -0.2) is 30.1 Å². The quantitative estimate of drug-likeness (QED) is 0.786. The minimum absolute atomic E-state index is 0.272. The molecular weight excluding hydrogens is 338 g/mol. The maximum Gasteiger partial charge on any atom is 0.338 e. The summed E-state index contributed by atoms with van der Waals surface area (Å²) in [5.41, 5.74) is 1.92. The van der Waals surface area contributed by atoms with Crippen LogP contribution in [0.25, 0.3) is 0 Å². The number of para-hydroxylation sites is 1. The zero-order chi connectivity index (χ0) is 18.2. The highest BCUT2D eigenvalue weighted by atomic mass is 32.2. The second-order valence-electron chi connectivity index (χ2n) is 5.14. The molecule has 0 aromatic heterocycles. The van der Waals surface area contributed by atoms with Gasteiger partial charge in [-0.05, 0) is 26.8 Å². The lowest BCUT2D eigenvalue weighted by atomic mass is 9.96. The van der Waals surface area contributed by atoms with Gasteiger partial charge in [0.25, 0.3) is 0 Å². The summed E-state index contributed by atoms with van der Waals surface area (Å²) in [5.74, 6) is 0.546. The number of rotatable bonds is 6. The van der Waals surface area contributed by atoms with Crippen LogP contribution in [0.3, 0.4) is 0 Å². The Kier molecular flexibility index (Phi) is 6.90. The highest BCUT2D eigenvalue weighted by molar-refractivity contribution is 8.14. The first-order chi connectivity index (χ1) is 12.1. The smallest absolute Gasteiger partial charge is 0.338 e. The van der Waals surface area contributed by atoms with Crippen molar-refractivity contribution in [3.63, 3.8) is 0 Å². The Morgan fingerprint density at radius 3 is 2.80 bits per heavy atom. The molecule has 0 spiro atoms. The maximum atomic E-state index is 12.5. The van der Waals surface area contributed by atoms with Gasteiger partial charge in [-0.1, -0.05) is 30.0 Å². The first kappa shape index (κ1) is 18.9. The topological polar surface area (TPSA) is 83.7 Å². The van der Waals surface area contributed by atoms with Crippen molar-refractivity contribution in [2.75, 3.05) is 19.0 Å². The van der Waals surface area contributed by atoms with Gasteiger partial charge in [0.05, 0.1) is 30.6 Å². The first-order valence-electron chi connectivity index (χ1n) is 8.06. The normalized spacial score (nSPS) is 16.6. The molecule has 132 valence electrons. The third-order valence-electron chi connectivity index (χ3n) is 3.50. The van der Waals surface area contributed by atoms with E-state index >= 15 is 0 Å².